The molecule has 8 heteroatoms. The molecule has 0 atom stereocenters. The van der Waals surface area contributed by atoms with Crippen molar-refractivity contribution in [1.29, 1.82) is 0 Å². The lowest BCUT2D eigenvalue weighted by molar-refractivity contribution is -0.118. The summed E-state index contributed by atoms with van der Waals surface area (Å²) in [5.41, 5.74) is 1.16. The first-order valence-electron chi connectivity index (χ1n) is 10.4. The molecule has 1 saturated heterocycles. The van der Waals surface area contributed by atoms with Crippen LogP contribution in [0.5, 0.6) is 0 Å². The van der Waals surface area contributed by atoms with Crippen LogP contribution in [0.1, 0.15) is 24.2 Å². The number of hydrogen-bond donors (Lipinski definition) is 1. The highest BCUT2D eigenvalue weighted by molar-refractivity contribution is 8.00. The highest BCUT2D eigenvalue weighted by Crippen LogP contribution is 2.25. The van der Waals surface area contributed by atoms with Crippen LogP contribution in [-0.2, 0) is 11.2 Å². The zero-order valence-electron chi connectivity index (χ0n) is 17.2. The molecule has 5 nitrogen and oxygen atoms in total. The first kappa shape index (κ1) is 22.1. The number of nitrogens with zero attached hydrogens (tertiary/aromatic N) is 3. The van der Waals surface area contributed by atoms with E-state index in [-0.39, 0.29) is 5.91 Å². The molecule has 31 heavy (non-hydrogen) atoms. The van der Waals surface area contributed by atoms with Crippen molar-refractivity contribution in [3.63, 3.8) is 0 Å². The Labute approximate surface area is 196 Å². The predicted molar refractivity (Wildman–Crippen MR) is 129 cm³/mol. The smallest absolute Gasteiger partial charge is 0.230 e. The van der Waals surface area contributed by atoms with Gasteiger partial charge in [0.2, 0.25) is 11.0 Å². The summed E-state index contributed by atoms with van der Waals surface area (Å²) in [6, 6.07) is 17.9. The lowest BCUT2D eigenvalue weighted by Gasteiger charge is -2.31. The summed E-state index contributed by atoms with van der Waals surface area (Å²) in [6.07, 6.45) is 2.83. The normalized spacial score (nSPS) is 14.5. The zero-order valence-corrected chi connectivity index (χ0v) is 19.6. The predicted octanol–water partition coefficient (Wildman–Crippen LogP) is 4.91. The SMILES string of the molecule is O=C(CSc1ccccc1)NCC1CCN(c2nc(Cc3ccc(Cl)cc3)ns2)CC1. The summed E-state index contributed by atoms with van der Waals surface area (Å²) in [5, 5.41) is 4.83. The molecule has 1 amide bonds. The van der Waals surface area contributed by atoms with Gasteiger partial charge in [0, 0.05) is 47.5 Å². The van der Waals surface area contributed by atoms with Gasteiger partial charge in [0.15, 0.2) is 0 Å². The molecule has 3 aromatic rings. The number of carbonyl (C=O) groups is 1. The minimum atomic E-state index is 0.104. The minimum absolute atomic E-state index is 0.104. The molecule has 162 valence electrons. The van der Waals surface area contributed by atoms with Crippen molar-refractivity contribution >= 4 is 45.9 Å². The summed E-state index contributed by atoms with van der Waals surface area (Å²) in [7, 11) is 0. The quantitative estimate of drug-likeness (QED) is 0.472. The number of aromatic nitrogens is 2. The van der Waals surface area contributed by atoms with Crippen LogP contribution in [0, 0.1) is 5.92 Å². The van der Waals surface area contributed by atoms with Gasteiger partial charge in [-0.2, -0.15) is 4.37 Å². The molecule has 1 aromatic heterocycles. The molecule has 4 rings (SSSR count). The molecule has 1 aliphatic heterocycles. The van der Waals surface area contributed by atoms with E-state index in [1.807, 2.05) is 54.6 Å². The molecule has 0 spiro atoms. The third-order valence-electron chi connectivity index (χ3n) is 5.32. The number of anilines is 1. The van der Waals surface area contributed by atoms with Crippen molar-refractivity contribution in [2.75, 3.05) is 30.3 Å². The Balaban J connectivity index is 1.18. The fraction of sp³-hybridized carbons (Fsp3) is 0.348. The van der Waals surface area contributed by atoms with Crippen LogP contribution >= 0.6 is 34.9 Å². The van der Waals surface area contributed by atoms with Crippen molar-refractivity contribution < 1.29 is 4.79 Å². The molecule has 1 N–H and O–H groups in total. The van der Waals surface area contributed by atoms with E-state index in [4.69, 9.17) is 16.6 Å². The molecule has 2 heterocycles. The van der Waals surface area contributed by atoms with E-state index in [1.54, 1.807) is 11.8 Å². The second kappa shape index (κ2) is 11.0. The van der Waals surface area contributed by atoms with Crippen LogP contribution in [0.4, 0.5) is 5.13 Å². The van der Waals surface area contributed by atoms with E-state index in [2.05, 4.69) is 14.6 Å². The Kier molecular flexibility index (Phi) is 7.83. The van der Waals surface area contributed by atoms with Crippen LogP contribution in [-0.4, -0.2) is 40.7 Å². The Morgan fingerprint density at radius 3 is 2.61 bits per heavy atom. The fourth-order valence-corrected chi connectivity index (χ4v) is 5.15. The summed E-state index contributed by atoms with van der Waals surface area (Å²) >= 11 is 9.00. The van der Waals surface area contributed by atoms with Crippen LogP contribution in [0.15, 0.2) is 59.5 Å². The van der Waals surface area contributed by atoms with Crippen LogP contribution < -0.4 is 10.2 Å². The number of nitrogens with one attached hydrogen (secondary N) is 1. The first-order chi connectivity index (χ1) is 15.2. The van der Waals surface area contributed by atoms with Gasteiger partial charge in [0.1, 0.15) is 5.82 Å². The van der Waals surface area contributed by atoms with E-state index in [1.165, 1.54) is 11.5 Å². The van der Waals surface area contributed by atoms with E-state index in [0.29, 0.717) is 11.7 Å². The van der Waals surface area contributed by atoms with Gasteiger partial charge in [-0.05, 0) is 48.6 Å². The van der Waals surface area contributed by atoms with E-state index in [0.717, 1.165) is 65.3 Å². The van der Waals surface area contributed by atoms with Crippen LogP contribution in [0.3, 0.4) is 0 Å². The summed E-state index contributed by atoms with van der Waals surface area (Å²) in [6.45, 7) is 2.66. The van der Waals surface area contributed by atoms with Crippen molar-refractivity contribution in [3.05, 3.63) is 71.0 Å². The van der Waals surface area contributed by atoms with Gasteiger partial charge in [-0.1, -0.05) is 41.9 Å². The van der Waals surface area contributed by atoms with Crippen molar-refractivity contribution in [2.24, 2.45) is 5.92 Å². The molecule has 0 radical (unpaired) electrons. The summed E-state index contributed by atoms with van der Waals surface area (Å²) < 4.78 is 4.53. The average molecular weight is 473 g/mol. The highest BCUT2D eigenvalue weighted by atomic mass is 35.5. The lowest BCUT2D eigenvalue weighted by Crippen LogP contribution is -2.39. The molecule has 1 aliphatic rings. The Hall–Kier alpha value is -2.09. The molecule has 0 aliphatic carbocycles. The average Bonchev–Trinajstić information content (AvgIpc) is 3.27. The Morgan fingerprint density at radius 1 is 1.13 bits per heavy atom. The third-order valence-corrected chi connectivity index (χ3v) is 7.40. The molecule has 0 unspecified atom stereocenters. The molecular weight excluding hydrogens is 448 g/mol. The number of benzene rings is 2. The van der Waals surface area contributed by atoms with Gasteiger partial charge in [0.25, 0.3) is 0 Å². The van der Waals surface area contributed by atoms with Gasteiger partial charge < -0.3 is 10.2 Å². The van der Waals surface area contributed by atoms with Crippen molar-refractivity contribution in [2.45, 2.75) is 24.2 Å². The van der Waals surface area contributed by atoms with Crippen molar-refractivity contribution in [3.8, 4) is 0 Å². The minimum Gasteiger partial charge on any atom is -0.355 e. The maximum absolute atomic E-state index is 12.1. The molecule has 0 bridgehead atoms. The monoisotopic (exact) mass is 472 g/mol. The third kappa shape index (κ3) is 6.69. The van der Waals surface area contributed by atoms with Crippen molar-refractivity contribution in [1.82, 2.24) is 14.7 Å². The van der Waals surface area contributed by atoms with E-state index in [9.17, 15) is 4.79 Å². The second-order valence-corrected chi connectivity index (χ2v) is 9.85. The largest absolute Gasteiger partial charge is 0.355 e. The number of hydrogen-bond acceptors (Lipinski definition) is 6. The van der Waals surface area contributed by atoms with Crippen LogP contribution in [0.25, 0.3) is 0 Å². The lowest BCUT2D eigenvalue weighted by atomic mass is 9.97. The Morgan fingerprint density at radius 2 is 1.87 bits per heavy atom. The summed E-state index contributed by atoms with van der Waals surface area (Å²) in [5.74, 6) is 1.94. The van der Waals surface area contributed by atoms with Gasteiger partial charge in [-0.25, -0.2) is 4.98 Å². The Bertz CT molecular complexity index is 973. The molecular formula is C23H25ClN4OS2. The fourth-order valence-electron chi connectivity index (χ4n) is 3.53. The number of thioether (sulfide) groups is 1. The zero-order chi connectivity index (χ0) is 21.5. The second-order valence-electron chi connectivity index (χ2n) is 7.63. The first-order valence-corrected chi connectivity index (χ1v) is 12.6. The number of rotatable bonds is 8. The number of carbonyl (C=O) groups excluding carboxylic acids is 1. The molecule has 0 saturated carbocycles. The van der Waals surface area contributed by atoms with Crippen LogP contribution in [0.2, 0.25) is 5.02 Å². The number of amides is 1. The summed E-state index contributed by atoms with van der Waals surface area (Å²) in [4.78, 5) is 20.3. The van der Waals surface area contributed by atoms with E-state index < -0.39 is 0 Å². The van der Waals surface area contributed by atoms with Gasteiger partial charge in [0.05, 0.1) is 5.75 Å². The van der Waals surface area contributed by atoms with Gasteiger partial charge in [-0.15, -0.1) is 11.8 Å². The maximum Gasteiger partial charge on any atom is 0.230 e. The maximum atomic E-state index is 12.1. The number of halogens is 1. The standard InChI is InChI=1S/C23H25ClN4OS2/c24-19-8-6-17(7-9-19)14-21-26-23(31-27-21)28-12-10-18(11-13-28)15-25-22(29)16-30-20-4-2-1-3-5-20/h1-9,18H,10-16H2,(H,25,29). The van der Waals surface area contributed by atoms with E-state index >= 15 is 0 Å². The molecule has 1 fully saturated rings. The van der Waals surface area contributed by atoms with Gasteiger partial charge >= 0.3 is 0 Å². The van der Waals surface area contributed by atoms with Gasteiger partial charge in [-0.3, -0.25) is 4.79 Å². The topological polar surface area (TPSA) is 58.1 Å². The highest BCUT2D eigenvalue weighted by Gasteiger charge is 2.22. The number of piperidine rings is 1. The molecule has 2 aromatic carbocycles.